The number of carbonyl (C=O) groups excluding carboxylic acids is 1. The van der Waals surface area contributed by atoms with Crippen LogP contribution < -0.4 is 0 Å². The standard InChI is InChI=1S/C10H10O3/c1-7-4-5-9(11)13-10(7)8-3-2-6-12-8/h2-7,10H,1H3/t7-,10-/m0/s1. The highest BCUT2D eigenvalue weighted by molar-refractivity contribution is 5.83. The molecule has 0 aliphatic carbocycles. The van der Waals surface area contributed by atoms with Gasteiger partial charge in [-0.15, -0.1) is 0 Å². The molecule has 1 aromatic heterocycles. The molecule has 0 fully saturated rings. The summed E-state index contributed by atoms with van der Waals surface area (Å²) in [6.07, 6.45) is 4.59. The Balaban J connectivity index is 2.25. The lowest BCUT2D eigenvalue weighted by Crippen LogP contribution is -2.19. The van der Waals surface area contributed by atoms with Crippen molar-refractivity contribution in [2.45, 2.75) is 13.0 Å². The summed E-state index contributed by atoms with van der Waals surface area (Å²) in [5, 5.41) is 0. The van der Waals surface area contributed by atoms with Crippen LogP contribution >= 0.6 is 0 Å². The van der Waals surface area contributed by atoms with Crippen LogP contribution in [0.25, 0.3) is 0 Å². The molecular formula is C10H10O3. The molecule has 0 bridgehead atoms. The van der Waals surface area contributed by atoms with Crippen LogP contribution in [0.1, 0.15) is 18.8 Å². The highest BCUT2D eigenvalue weighted by Gasteiger charge is 2.26. The first-order valence-corrected chi connectivity index (χ1v) is 4.19. The van der Waals surface area contributed by atoms with Crippen LogP contribution in [0.5, 0.6) is 0 Å². The van der Waals surface area contributed by atoms with Gasteiger partial charge in [0.05, 0.1) is 6.26 Å². The van der Waals surface area contributed by atoms with E-state index in [1.54, 1.807) is 12.3 Å². The van der Waals surface area contributed by atoms with Crippen LogP contribution in [0, 0.1) is 5.92 Å². The van der Waals surface area contributed by atoms with Crippen molar-refractivity contribution in [2.75, 3.05) is 0 Å². The zero-order valence-corrected chi connectivity index (χ0v) is 7.27. The molecule has 2 heterocycles. The van der Waals surface area contributed by atoms with Gasteiger partial charge in [0, 0.05) is 12.0 Å². The van der Waals surface area contributed by atoms with Crippen molar-refractivity contribution in [1.29, 1.82) is 0 Å². The van der Waals surface area contributed by atoms with E-state index in [4.69, 9.17) is 9.15 Å². The van der Waals surface area contributed by atoms with Gasteiger partial charge in [-0.2, -0.15) is 0 Å². The average molecular weight is 178 g/mol. The number of cyclic esters (lactones) is 1. The monoisotopic (exact) mass is 178 g/mol. The van der Waals surface area contributed by atoms with Gasteiger partial charge < -0.3 is 9.15 Å². The second-order valence-corrected chi connectivity index (χ2v) is 3.09. The van der Waals surface area contributed by atoms with Crippen LogP contribution in [-0.4, -0.2) is 5.97 Å². The molecule has 68 valence electrons. The van der Waals surface area contributed by atoms with E-state index in [9.17, 15) is 4.79 Å². The molecule has 0 saturated heterocycles. The molecule has 0 spiro atoms. The lowest BCUT2D eigenvalue weighted by molar-refractivity contribution is -0.147. The number of rotatable bonds is 1. The van der Waals surface area contributed by atoms with Crippen LogP contribution in [0.4, 0.5) is 0 Å². The Morgan fingerprint density at radius 1 is 1.46 bits per heavy atom. The number of esters is 1. The van der Waals surface area contributed by atoms with Crippen LogP contribution in [0.2, 0.25) is 0 Å². The van der Waals surface area contributed by atoms with Gasteiger partial charge in [0.25, 0.3) is 0 Å². The number of ether oxygens (including phenoxy) is 1. The molecule has 0 amide bonds. The maximum Gasteiger partial charge on any atom is 0.331 e. The average Bonchev–Trinajstić information content (AvgIpc) is 2.61. The molecule has 13 heavy (non-hydrogen) atoms. The van der Waals surface area contributed by atoms with Gasteiger partial charge in [-0.3, -0.25) is 0 Å². The molecular weight excluding hydrogens is 168 g/mol. The van der Waals surface area contributed by atoms with Crippen molar-refractivity contribution in [3.63, 3.8) is 0 Å². The summed E-state index contributed by atoms with van der Waals surface area (Å²) in [5.74, 6) is 0.563. The predicted molar refractivity (Wildman–Crippen MR) is 45.8 cm³/mol. The van der Waals surface area contributed by atoms with E-state index >= 15 is 0 Å². The summed E-state index contributed by atoms with van der Waals surface area (Å²) in [5.41, 5.74) is 0. The number of hydrogen-bond donors (Lipinski definition) is 0. The van der Waals surface area contributed by atoms with E-state index in [0.29, 0.717) is 5.76 Å². The van der Waals surface area contributed by atoms with E-state index in [2.05, 4.69) is 0 Å². The zero-order chi connectivity index (χ0) is 9.26. The number of hydrogen-bond acceptors (Lipinski definition) is 3. The Bertz CT molecular complexity index is 324. The van der Waals surface area contributed by atoms with Crippen molar-refractivity contribution < 1.29 is 13.9 Å². The van der Waals surface area contributed by atoms with Gasteiger partial charge in [0.1, 0.15) is 5.76 Å². The van der Waals surface area contributed by atoms with E-state index in [0.717, 1.165) is 0 Å². The van der Waals surface area contributed by atoms with E-state index in [-0.39, 0.29) is 18.0 Å². The quantitative estimate of drug-likeness (QED) is 0.618. The fourth-order valence-electron chi connectivity index (χ4n) is 1.37. The predicted octanol–water partition coefficient (Wildman–Crippen LogP) is 2.07. The molecule has 3 nitrogen and oxygen atoms in total. The zero-order valence-electron chi connectivity index (χ0n) is 7.27. The minimum absolute atomic E-state index is 0.170. The molecule has 0 N–H and O–H groups in total. The Morgan fingerprint density at radius 3 is 3.00 bits per heavy atom. The maximum absolute atomic E-state index is 11.0. The van der Waals surface area contributed by atoms with Crippen LogP contribution in [0.15, 0.2) is 35.0 Å². The van der Waals surface area contributed by atoms with Crippen molar-refractivity contribution in [2.24, 2.45) is 5.92 Å². The van der Waals surface area contributed by atoms with Gasteiger partial charge in [-0.05, 0) is 12.1 Å². The van der Waals surface area contributed by atoms with E-state index in [1.807, 2.05) is 19.1 Å². The minimum atomic E-state index is -0.306. The fourth-order valence-corrected chi connectivity index (χ4v) is 1.37. The van der Waals surface area contributed by atoms with Gasteiger partial charge in [0.2, 0.25) is 0 Å². The first kappa shape index (κ1) is 8.10. The summed E-state index contributed by atoms with van der Waals surface area (Å²) in [4.78, 5) is 11.0. The van der Waals surface area contributed by atoms with Gasteiger partial charge >= 0.3 is 5.97 Å². The number of furan rings is 1. The fraction of sp³-hybridized carbons (Fsp3) is 0.300. The largest absolute Gasteiger partial charge is 0.465 e. The first-order valence-electron chi connectivity index (χ1n) is 4.19. The third kappa shape index (κ3) is 1.49. The summed E-state index contributed by atoms with van der Waals surface area (Å²) in [6, 6.07) is 3.60. The Hall–Kier alpha value is -1.51. The van der Waals surface area contributed by atoms with Gasteiger partial charge in [0.15, 0.2) is 6.10 Å². The highest BCUT2D eigenvalue weighted by Crippen LogP contribution is 2.30. The summed E-state index contributed by atoms with van der Waals surface area (Å²) in [7, 11) is 0. The van der Waals surface area contributed by atoms with Crippen molar-refractivity contribution in [3.8, 4) is 0 Å². The summed E-state index contributed by atoms with van der Waals surface area (Å²) >= 11 is 0. The first-order chi connectivity index (χ1) is 6.27. The normalized spacial score (nSPS) is 27.3. The second kappa shape index (κ2) is 3.09. The van der Waals surface area contributed by atoms with E-state index < -0.39 is 0 Å². The molecule has 0 saturated carbocycles. The maximum atomic E-state index is 11.0. The SMILES string of the molecule is C[C@H]1C=CC(=O)O[C@@H]1c1ccco1. The minimum Gasteiger partial charge on any atom is -0.465 e. The summed E-state index contributed by atoms with van der Waals surface area (Å²) < 4.78 is 10.3. The molecule has 1 aliphatic heterocycles. The van der Waals surface area contributed by atoms with Crippen molar-refractivity contribution >= 4 is 5.97 Å². The molecule has 0 radical (unpaired) electrons. The third-order valence-electron chi connectivity index (χ3n) is 2.08. The lowest BCUT2D eigenvalue weighted by atomic mass is 10.0. The van der Waals surface area contributed by atoms with Crippen molar-refractivity contribution in [1.82, 2.24) is 0 Å². The Kier molecular flexibility index (Phi) is 1.93. The summed E-state index contributed by atoms with van der Waals surface area (Å²) in [6.45, 7) is 1.98. The second-order valence-electron chi connectivity index (χ2n) is 3.09. The topological polar surface area (TPSA) is 39.4 Å². The molecule has 0 aromatic carbocycles. The smallest absolute Gasteiger partial charge is 0.331 e. The van der Waals surface area contributed by atoms with Crippen molar-refractivity contribution in [3.05, 3.63) is 36.3 Å². The lowest BCUT2D eigenvalue weighted by Gasteiger charge is -2.22. The Labute approximate surface area is 76.0 Å². The number of carbonyl (C=O) groups is 1. The third-order valence-corrected chi connectivity index (χ3v) is 2.08. The van der Waals surface area contributed by atoms with Crippen LogP contribution in [-0.2, 0) is 9.53 Å². The molecule has 3 heteroatoms. The molecule has 2 rings (SSSR count). The van der Waals surface area contributed by atoms with E-state index in [1.165, 1.54) is 6.08 Å². The Morgan fingerprint density at radius 2 is 2.31 bits per heavy atom. The molecule has 1 aromatic rings. The van der Waals surface area contributed by atoms with Crippen LogP contribution in [0.3, 0.4) is 0 Å². The highest BCUT2D eigenvalue weighted by atomic mass is 16.6. The molecule has 1 aliphatic rings. The van der Waals surface area contributed by atoms with Gasteiger partial charge in [-0.1, -0.05) is 13.0 Å². The van der Waals surface area contributed by atoms with Gasteiger partial charge in [-0.25, -0.2) is 4.79 Å². The molecule has 2 atom stereocenters. The molecule has 0 unspecified atom stereocenters.